The minimum Gasteiger partial charge on any atom is -0.351 e. The molecule has 0 spiro atoms. The minimum atomic E-state index is 0.567. The number of aromatic nitrogens is 2. The first kappa shape index (κ1) is 11.5. The van der Waals surface area contributed by atoms with Gasteiger partial charge < -0.3 is 5.32 Å². The lowest BCUT2D eigenvalue weighted by atomic mass is 10.2. The van der Waals surface area contributed by atoms with E-state index in [1.165, 1.54) is 5.56 Å². The molecular weight excluding hydrogens is 192 g/mol. The van der Waals surface area contributed by atoms with E-state index in [9.17, 15) is 0 Å². The second-order valence-electron chi connectivity index (χ2n) is 3.34. The number of nitrogens with two attached hydrogens (primary N) is 1. The van der Waals surface area contributed by atoms with Gasteiger partial charge in [-0.15, -0.1) is 0 Å². The van der Waals surface area contributed by atoms with Crippen molar-refractivity contribution in [2.24, 2.45) is 17.9 Å². The molecule has 0 radical (unpaired) electrons. The van der Waals surface area contributed by atoms with E-state index in [1.807, 2.05) is 25.6 Å². The molecular formula is C9H18N6. The van der Waals surface area contributed by atoms with Gasteiger partial charge in [-0.1, -0.05) is 0 Å². The van der Waals surface area contributed by atoms with Crippen LogP contribution in [-0.4, -0.2) is 22.8 Å². The summed E-state index contributed by atoms with van der Waals surface area (Å²) in [6.45, 7) is 4.70. The summed E-state index contributed by atoms with van der Waals surface area (Å²) in [5, 5.41) is 7.42. The monoisotopic (exact) mass is 210 g/mol. The first-order chi connectivity index (χ1) is 7.10. The zero-order valence-electron chi connectivity index (χ0n) is 9.63. The summed E-state index contributed by atoms with van der Waals surface area (Å²) >= 11 is 0. The molecule has 6 nitrogen and oxygen atoms in total. The Morgan fingerprint density at radius 2 is 2.20 bits per heavy atom. The lowest BCUT2D eigenvalue weighted by Gasteiger charge is -2.08. The van der Waals surface area contributed by atoms with Crippen molar-refractivity contribution in [3.63, 3.8) is 0 Å². The second-order valence-corrected chi connectivity index (χ2v) is 3.34. The third-order valence-corrected chi connectivity index (χ3v) is 2.45. The summed E-state index contributed by atoms with van der Waals surface area (Å²) in [7, 11) is 3.60. The van der Waals surface area contributed by atoms with Gasteiger partial charge in [0.1, 0.15) is 0 Å². The largest absolute Gasteiger partial charge is 0.351 e. The number of aliphatic imine (C=N–C) groups is 1. The summed E-state index contributed by atoms with van der Waals surface area (Å²) in [6.07, 6.45) is 0. The van der Waals surface area contributed by atoms with Crippen LogP contribution in [0.4, 0.5) is 0 Å². The molecule has 0 unspecified atom stereocenters. The van der Waals surface area contributed by atoms with Crippen LogP contribution in [0.3, 0.4) is 0 Å². The molecule has 6 heteroatoms. The van der Waals surface area contributed by atoms with Crippen LogP contribution in [0.15, 0.2) is 4.99 Å². The van der Waals surface area contributed by atoms with Gasteiger partial charge in [0.05, 0.1) is 5.69 Å². The summed E-state index contributed by atoms with van der Waals surface area (Å²) < 4.78 is 1.87. The van der Waals surface area contributed by atoms with E-state index in [0.717, 1.165) is 11.4 Å². The fourth-order valence-corrected chi connectivity index (χ4v) is 1.44. The minimum absolute atomic E-state index is 0.567. The fraction of sp³-hybridized carbons (Fsp3) is 0.556. The molecule has 0 fully saturated rings. The van der Waals surface area contributed by atoms with Crippen molar-refractivity contribution in [3.05, 3.63) is 17.0 Å². The maximum absolute atomic E-state index is 5.26. The fourth-order valence-electron chi connectivity index (χ4n) is 1.44. The van der Waals surface area contributed by atoms with Gasteiger partial charge >= 0.3 is 0 Å². The van der Waals surface area contributed by atoms with Gasteiger partial charge in [-0.3, -0.25) is 15.1 Å². The molecule has 1 heterocycles. The Kier molecular flexibility index (Phi) is 3.68. The Balaban J connectivity index is 2.73. The van der Waals surface area contributed by atoms with Gasteiger partial charge in [-0.05, 0) is 13.8 Å². The molecule has 1 aromatic rings. The van der Waals surface area contributed by atoms with Crippen LogP contribution < -0.4 is 16.6 Å². The van der Waals surface area contributed by atoms with Crippen molar-refractivity contribution >= 4 is 5.96 Å². The summed E-state index contributed by atoms with van der Waals surface area (Å²) in [6, 6.07) is 0. The molecule has 0 aliphatic carbocycles. The Hall–Kier alpha value is -1.56. The van der Waals surface area contributed by atoms with Gasteiger partial charge in [-0.25, -0.2) is 5.84 Å². The maximum atomic E-state index is 5.26. The van der Waals surface area contributed by atoms with Crippen molar-refractivity contribution in [1.82, 2.24) is 20.5 Å². The standard InChI is InChI=1S/C9H18N6/c1-6-8(7(2)15(4)14-6)5-12-9(11-3)13-10/h5,10H2,1-4H3,(H2,11,12,13). The van der Waals surface area contributed by atoms with E-state index < -0.39 is 0 Å². The number of aryl methyl sites for hydroxylation is 2. The quantitative estimate of drug-likeness (QED) is 0.268. The molecule has 0 bridgehead atoms. The van der Waals surface area contributed by atoms with Crippen LogP contribution in [0.1, 0.15) is 17.0 Å². The number of nitrogens with one attached hydrogen (secondary N) is 2. The molecule has 0 saturated carbocycles. The van der Waals surface area contributed by atoms with E-state index in [4.69, 9.17) is 5.84 Å². The lowest BCUT2D eigenvalue weighted by Crippen LogP contribution is -2.41. The molecule has 84 valence electrons. The SMILES string of the molecule is CN=C(NN)NCc1c(C)nn(C)c1C. The van der Waals surface area contributed by atoms with Gasteiger partial charge in [0.25, 0.3) is 0 Å². The highest BCUT2D eigenvalue weighted by atomic mass is 15.3. The maximum Gasteiger partial charge on any atom is 0.205 e. The smallest absolute Gasteiger partial charge is 0.205 e. The van der Waals surface area contributed by atoms with E-state index in [-0.39, 0.29) is 0 Å². The van der Waals surface area contributed by atoms with E-state index in [0.29, 0.717) is 12.5 Å². The van der Waals surface area contributed by atoms with Crippen molar-refractivity contribution in [1.29, 1.82) is 0 Å². The second kappa shape index (κ2) is 4.79. The average Bonchev–Trinajstić information content (AvgIpc) is 2.45. The molecule has 15 heavy (non-hydrogen) atoms. The summed E-state index contributed by atoms with van der Waals surface area (Å²) in [5.74, 6) is 5.83. The van der Waals surface area contributed by atoms with Crippen LogP contribution >= 0.6 is 0 Å². The lowest BCUT2D eigenvalue weighted by molar-refractivity contribution is 0.729. The molecule has 1 aromatic heterocycles. The number of hydrazine groups is 1. The number of guanidine groups is 1. The Morgan fingerprint density at radius 1 is 1.53 bits per heavy atom. The van der Waals surface area contributed by atoms with Crippen LogP contribution in [0.25, 0.3) is 0 Å². The number of hydrogen-bond donors (Lipinski definition) is 3. The molecule has 0 aromatic carbocycles. The Labute approximate surface area is 89.5 Å². The zero-order chi connectivity index (χ0) is 11.4. The van der Waals surface area contributed by atoms with E-state index in [1.54, 1.807) is 7.05 Å². The molecule has 1 rings (SSSR count). The number of nitrogens with zero attached hydrogens (tertiary/aromatic N) is 3. The molecule has 0 aliphatic heterocycles. The first-order valence-corrected chi connectivity index (χ1v) is 4.76. The number of rotatable bonds is 2. The normalized spacial score (nSPS) is 11.7. The summed E-state index contributed by atoms with van der Waals surface area (Å²) in [5.41, 5.74) is 5.82. The Bertz CT molecular complexity index is 365. The topological polar surface area (TPSA) is 80.3 Å². The third kappa shape index (κ3) is 2.47. The molecule has 0 amide bonds. The van der Waals surface area contributed by atoms with Crippen molar-refractivity contribution in [2.75, 3.05) is 7.05 Å². The Morgan fingerprint density at radius 3 is 2.60 bits per heavy atom. The predicted molar refractivity (Wildman–Crippen MR) is 60.2 cm³/mol. The van der Waals surface area contributed by atoms with Gasteiger partial charge in [0.2, 0.25) is 5.96 Å². The van der Waals surface area contributed by atoms with Crippen molar-refractivity contribution < 1.29 is 0 Å². The predicted octanol–water partition coefficient (Wildman–Crippen LogP) is -0.424. The molecule has 4 N–H and O–H groups in total. The number of hydrogen-bond acceptors (Lipinski definition) is 3. The molecule has 0 aliphatic rings. The summed E-state index contributed by atoms with van der Waals surface area (Å²) in [4.78, 5) is 3.93. The van der Waals surface area contributed by atoms with Gasteiger partial charge in [0.15, 0.2) is 0 Å². The van der Waals surface area contributed by atoms with E-state index >= 15 is 0 Å². The van der Waals surface area contributed by atoms with Crippen LogP contribution in [-0.2, 0) is 13.6 Å². The highest BCUT2D eigenvalue weighted by Crippen LogP contribution is 2.10. The van der Waals surface area contributed by atoms with Crippen LogP contribution in [0, 0.1) is 13.8 Å². The first-order valence-electron chi connectivity index (χ1n) is 4.76. The molecule has 0 atom stereocenters. The third-order valence-electron chi connectivity index (χ3n) is 2.45. The highest BCUT2D eigenvalue weighted by Gasteiger charge is 2.08. The zero-order valence-corrected chi connectivity index (χ0v) is 9.63. The van der Waals surface area contributed by atoms with Crippen molar-refractivity contribution in [3.8, 4) is 0 Å². The average molecular weight is 210 g/mol. The van der Waals surface area contributed by atoms with Crippen LogP contribution in [0.2, 0.25) is 0 Å². The van der Waals surface area contributed by atoms with Crippen LogP contribution in [0.5, 0.6) is 0 Å². The highest BCUT2D eigenvalue weighted by molar-refractivity contribution is 5.78. The van der Waals surface area contributed by atoms with Gasteiger partial charge in [0, 0.05) is 31.9 Å². The molecule has 0 saturated heterocycles. The van der Waals surface area contributed by atoms with E-state index in [2.05, 4.69) is 20.8 Å². The van der Waals surface area contributed by atoms with Crippen molar-refractivity contribution in [2.45, 2.75) is 20.4 Å². The van der Waals surface area contributed by atoms with Gasteiger partial charge in [-0.2, -0.15) is 5.10 Å².